The predicted molar refractivity (Wildman–Crippen MR) is 72.6 cm³/mol. The minimum atomic E-state index is -0.195. The Labute approximate surface area is 114 Å². The fraction of sp³-hybridized carbons (Fsp3) is 0.308. The van der Waals surface area contributed by atoms with Gasteiger partial charge in [0.1, 0.15) is 16.2 Å². The maximum Gasteiger partial charge on any atom is 0.127 e. The highest BCUT2D eigenvalue weighted by atomic mass is 79.9. The molecule has 0 amide bonds. The van der Waals surface area contributed by atoms with E-state index in [2.05, 4.69) is 20.9 Å². The number of aromatic nitrogens is 2. The summed E-state index contributed by atoms with van der Waals surface area (Å²) in [7, 11) is 1.95. The molecule has 0 atom stereocenters. The summed E-state index contributed by atoms with van der Waals surface area (Å²) in [6.07, 6.45) is 1.58. The summed E-state index contributed by atoms with van der Waals surface area (Å²) in [4.78, 5) is 4.34. The van der Waals surface area contributed by atoms with Gasteiger partial charge < -0.3 is 10.3 Å². The number of nitrogens with zero attached hydrogens (tertiary/aromatic N) is 2. The van der Waals surface area contributed by atoms with Gasteiger partial charge in [0.25, 0.3) is 0 Å². The molecule has 1 heterocycles. The lowest BCUT2D eigenvalue weighted by molar-refractivity contribution is 0.624. The molecule has 0 fully saturated rings. The first-order chi connectivity index (χ1) is 8.61. The predicted octanol–water partition coefficient (Wildman–Crippen LogP) is 2.57. The Morgan fingerprint density at radius 2 is 2.17 bits per heavy atom. The van der Waals surface area contributed by atoms with Gasteiger partial charge in [-0.15, -0.1) is 0 Å². The zero-order valence-electron chi connectivity index (χ0n) is 10.2. The number of aryl methyl sites for hydroxylation is 1. The van der Waals surface area contributed by atoms with Crippen LogP contribution in [0.5, 0.6) is 0 Å². The Morgan fingerprint density at radius 1 is 1.39 bits per heavy atom. The Morgan fingerprint density at radius 3 is 2.78 bits per heavy atom. The lowest BCUT2D eigenvalue weighted by Gasteiger charge is -2.05. The standard InChI is InChI=1S/C13H15BrFN3/c1-18-11(13(14)17-12(18)8-16)6-5-9-3-2-4-10(15)7-9/h2-4,7H,5-6,8,16H2,1H3. The van der Waals surface area contributed by atoms with Crippen LogP contribution in [0, 0.1) is 5.82 Å². The average molecular weight is 312 g/mol. The lowest BCUT2D eigenvalue weighted by Crippen LogP contribution is -2.07. The lowest BCUT2D eigenvalue weighted by atomic mass is 10.1. The number of hydrogen-bond donors (Lipinski definition) is 1. The molecule has 0 saturated heterocycles. The van der Waals surface area contributed by atoms with Gasteiger partial charge in [-0.25, -0.2) is 9.37 Å². The van der Waals surface area contributed by atoms with Crippen LogP contribution in [0.4, 0.5) is 4.39 Å². The van der Waals surface area contributed by atoms with Gasteiger partial charge in [0, 0.05) is 7.05 Å². The van der Waals surface area contributed by atoms with E-state index in [4.69, 9.17) is 5.73 Å². The molecular weight excluding hydrogens is 297 g/mol. The Balaban J connectivity index is 2.13. The number of halogens is 2. The molecule has 0 unspecified atom stereocenters. The molecule has 96 valence electrons. The summed E-state index contributed by atoms with van der Waals surface area (Å²) >= 11 is 3.44. The summed E-state index contributed by atoms with van der Waals surface area (Å²) in [6, 6.07) is 6.68. The zero-order valence-corrected chi connectivity index (χ0v) is 11.7. The minimum Gasteiger partial charge on any atom is -0.333 e. The summed E-state index contributed by atoms with van der Waals surface area (Å²) < 4.78 is 15.9. The van der Waals surface area contributed by atoms with Crippen molar-refractivity contribution in [3.8, 4) is 0 Å². The second-order valence-electron chi connectivity index (χ2n) is 4.16. The van der Waals surface area contributed by atoms with E-state index in [1.54, 1.807) is 12.1 Å². The SMILES string of the molecule is Cn1c(CN)nc(Br)c1CCc1cccc(F)c1. The molecular formula is C13H15BrFN3. The number of nitrogens with two attached hydrogens (primary N) is 1. The van der Waals surface area contributed by atoms with Crippen molar-refractivity contribution in [2.45, 2.75) is 19.4 Å². The van der Waals surface area contributed by atoms with E-state index in [9.17, 15) is 4.39 Å². The zero-order chi connectivity index (χ0) is 13.1. The second kappa shape index (κ2) is 5.63. The maximum absolute atomic E-state index is 13.1. The first kappa shape index (κ1) is 13.2. The summed E-state index contributed by atoms with van der Waals surface area (Å²) in [5, 5.41) is 0. The molecule has 0 saturated carbocycles. The van der Waals surface area contributed by atoms with Crippen molar-refractivity contribution >= 4 is 15.9 Å². The highest BCUT2D eigenvalue weighted by Crippen LogP contribution is 2.19. The van der Waals surface area contributed by atoms with Crippen LogP contribution in [0.1, 0.15) is 17.1 Å². The Bertz CT molecular complexity index is 551. The molecule has 2 aromatic rings. The van der Waals surface area contributed by atoms with E-state index in [0.717, 1.165) is 34.5 Å². The van der Waals surface area contributed by atoms with Crippen LogP contribution in [0.2, 0.25) is 0 Å². The van der Waals surface area contributed by atoms with Gasteiger partial charge in [-0.2, -0.15) is 0 Å². The number of benzene rings is 1. The van der Waals surface area contributed by atoms with Gasteiger partial charge in [0.2, 0.25) is 0 Å². The van der Waals surface area contributed by atoms with Crippen molar-refractivity contribution in [3.05, 3.63) is 51.8 Å². The smallest absolute Gasteiger partial charge is 0.127 e. The van der Waals surface area contributed by atoms with Crippen molar-refractivity contribution in [2.24, 2.45) is 12.8 Å². The third-order valence-electron chi connectivity index (χ3n) is 2.98. The van der Waals surface area contributed by atoms with Crippen molar-refractivity contribution < 1.29 is 4.39 Å². The molecule has 5 heteroatoms. The van der Waals surface area contributed by atoms with Crippen LogP contribution in [0.3, 0.4) is 0 Å². The molecule has 0 radical (unpaired) electrons. The molecule has 0 aliphatic rings. The number of imidazole rings is 1. The highest BCUT2D eigenvalue weighted by Gasteiger charge is 2.11. The van der Waals surface area contributed by atoms with Gasteiger partial charge in [-0.1, -0.05) is 12.1 Å². The topological polar surface area (TPSA) is 43.8 Å². The van der Waals surface area contributed by atoms with E-state index in [1.165, 1.54) is 6.07 Å². The van der Waals surface area contributed by atoms with Crippen LogP contribution in [0.15, 0.2) is 28.9 Å². The number of hydrogen-bond acceptors (Lipinski definition) is 2. The molecule has 0 spiro atoms. The van der Waals surface area contributed by atoms with Crippen LogP contribution >= 0.6 is 15.9 Å². The average Bonchev–Trinajstić information content (AvgIpc) is 2.62. The minimum absolute atomic E-state index is 0.195. The van der Waals surface area contributed by atoms with Gasteiger partial charge in [0.05, 0.1) is 12.2 Å². The molecule has 18 heavy (non-hydrogen) atoms. The monoisotopic (exact) mass is 311 g/mol. The summed E-state index contributed by atoms with van der Waals surface area (Å²) in [6.45, 7) is 0.412. The molecule has 3 nitrogen and oxygen atoms in total. The van der Waals surface area contributed by atoms with Gasteiger partial charge in [-0.05, 0) is 46.5 Å². The van der Waals surface area contributed by atoms with Crippen molar-refractivity contribution in [2.75, 3.05) is 0 Å². The molecule has 2 rings (SSSR count). The van der Waals surface area contributed by atoms with Crippen LogP contribution in [0.25, 0.3) is 0 Å². The third-order valence-corrected chi connectivity index (χ3v) is 3.61. The van der Waals surface area contributed by atoms with Crippen LogP contribution in [-0.4, -0.2) is 9.55 Å². The molecule has 0 aliphatic heterocycles. The molecule has 2 N–H and O–H groups in total. The Hall–Kier alpha value is -1.20. The fourth-order valence-corrected chi connectivity index (χ4v) is 2.62. The molecule has 0 bridgehead atoms. The normalized spacial score (nSPS) is 10.9. The quantitative estimate of drug-likeness (QED) is 0.943. The maximum atomic E-state index is 13.1. The fourth-order valence-electron chi connectivity index (χ4n) is 1.96. The number of rotatable bonds is 4. The third kappa shape index (κ3) is 2.79. The van der Waals surface area contributed by atoms with Crippen molar-refractivity contribution in [3.63, 3.8) is 0 Å². The van der Waals surface area contributed by atoms with Gasteiger partial charge in [-0.3, -0.25) is 0 Å². The second-order valence-corrected chi connectivity index (χ2v) is 4.91. The van der Waals surface area contributed by atoms with Crippen molar-refractivity contribution in [1.82, 2.24) is 9.55 Å². The van der Waals surface area contributed by atoms with E-state index < -0.39 is 0 Å². The van der Waals surface area contributed by atoms with Gasteiger partial charge >= 0.3 is 0 Å². The molecule has 1 aromatic carbocycles. The van der Waals surface area contributed by atoms with Crippen molar-refractivity contribution in [1.29, 1.82) is 0 Å². The summed E-state index contributed by atoms with van der Waals surface area (Å²) in [5.74, 6) is 0.648. The largest absolute Gasteiger partial charge is 0.333 e. The van der Waals surface area contributed by atoms with E-state index in [0.29, 0.717) is 6.54 Å². The van der Waals surface area contributed by atoms with E-state index in [1.807, 2.05) is 17.7 Å². The van der Waals surface area contributed by atoms with E-state index in [-0.39, 0.29) is 5.82 Å². The van der Waals surface area contributed by atoms with Crippen LogP contribution in [-0.2, 0) is 26.4 Å². The first-order valence-electron chi connectivity index (χ1n) is 5.76. The molecule has 0 aliphatic carbocycles. The van der Waals surface area contributed by atoms with Gasteiger partial charge in [0.15, 0.2) is 0 Å². The Kier molecular flexibility index (Phi) is 4.14. The molecule has 1 aromatic heterocycles. The van der Waals surface area contributed by atoms with Crippen LogP contribution < -0.4 is 5.73 Å². The summed E-state index contributed by atoms with van der Waals surface area (Å²) in [5.41, 5.74) is 7.67. The van der Waals surface area contributed by atoms with E-state index >= 15 is 0 Å². The highest BCUT2D eigenvalue weighted by molar-refractivity contribution is 9.10. The first-order valence-corrected chi connectivity index (χ1v) is 6.55.